The average Bonchev–Trinajstić information content (AvgIpc) is 3.66. The third-order valence-electron chi connectivity index (χ3n) is 10.4. The molecule has 291 valence electrons. The number of rotatable bonds is 10. The predicted molar refractivity (Wildman–Crippen MR) is 217 cm³/mol. The van der Waals surface area contributed by atoms with Gasteiger partial charge in [0.05, 0.1) is 44.2 Å². The molecule has 4 aromatic carbocycles. The zero-order valence-corrected chi connectivity index (χ0v) is 36.1. The van der Waals surface area contributed by atoms with E-state index in [-0.39, 0.29) is 56.6 Å². The average molecular weight is 831 g/mol. The van der Waals surface area contributed by atoms with Crippen LogP contribution in [-0.4, -0.2) is 63.6 Å². The smallest absolute Gasteiger partial charge is 0.259 e. The van der Waals surface area contributed by atoms with Gasteiger partial charge in [0.15, 0.2) is 11.5 Å². The van der Waals surface area contributed by atoms with Crippen LogP contribution in [0.2, 0.25) is 0 Å². The normalized spacial score (nSPS) is 17.5. The van der Waals surface area contributed by atoms with Gasteiger partial charge in [0, 0.05) is 75.3 Å². The Kier molecular flexibility index (Phi) is 13.4. The molecule has 0 saturated carbocycles. The van der Waals surface area contributed by atoms with Crippen molar-refractivity contribution in [2.45, 2.75) is 78.3 Å². The third kappa shape index (κ3) is 8.90. The minimum absolute atomic E-state index is 0. The fourth-order valence-electron chi connectivity index (χ4n) is 7.74. The maximum absolute atomic E-state index is 13.7. The number of anilines is 2. The van der Waals surface area contributed by atoms with E-state index in [9.17, 15) is 9.59 Å². The molecule has 9 nitrogen and oxygen atoms in total. The van der Waals surface area contributed by atoms with Crippen molar-refractivity contribution < 1.29 is 61.2 Å². The number of ether oxygens (including phenoxy) is 4. The minimum atomic E-state index is -0.107. The fourth-order valence-corrected chi connectivity index (χ4v) is 7.74. The van der Waals surface area contributed by atoms with Gasteiger partial charge in [0.25, 0.3) is 11.8 Å². The largest absolute Gasteiger partial charge is 0.493 e. The summed E-state index contributed by atoms with van der Waals surface area (Å²) in [5.41, 5.74) is 8.31. The van der Waals surface area contributed by atoms with E-state index in [0.717, 1.165) is 73.4 Å². The van der Waals surface area contributed by atoms with Crippen LogP contribution in [0.5, 0.6) is 17.2 Å². The maximum Gasteiger partial charge on any atom is 0.259 e. The zero-order chi connectivity index (χ0) is 38.7. The molecule has 8 rings (SSSR count). The number of aliphatic imine (C=N–C) groups is 1. The number of hydrogen-bond acceptors (Lipinski definition) is 7. The number of benzene rings is 4. The number of carbonyl (C=O) groups is 2. The van der Waals surface area contributed by atoms with Crippen LogP contribution in [0.1, 0.15) is 83.0 Å². The van der Waals surface area contributed by atoms with Crippen molar-refractivity contribution in [2.75, 3.05) is 43.3 Å². The molecule has 10 heteroatoms. The first-order chi connectivity index (χ1) is 26.6. The summed E-state index contributed by atoms with van der Waals surface area (Å²) in [5, 5.41) is 0. The van der Waals surface area contributed by atoms with Gasteiger partial charge in [-0.25, -0.2) is 0 Å². The first kappa shape index (κ1) is 41.6. The fraction of sp³-hybridized carbons (Fsp3) is 0.391. The van der Waals surface area contributed by atoms with Gasteiger partial charge in [0.2, 0.25) is 0 Å². The monoisotopic (exact) mass is 830 g/mol. The number of nitrogens with zero attached hydrogens (tertiary/aromatic N) is 3. The standard InChI is InChI=1S/C38H34N3O5.C8H17O.Y/c1-23-16-30-31(39-22-28-18-26-9-4-6-11-33(26)41(28)38(30)43)21-34(23)45-14-7-15-46-36-19-24-12-13-27-17-25-8-3-5-10-32(25)40(27)37(42)29(24)20-35(36)44-2;1-5-6-9-7-8(2,3)4;/h3,5-6,8-11,16,19-22,27-28H,7,12-15,17-18H2,1-2H3;1,5-7H2,2-4H3;/q2*-1;/t27-,28+;;/m1../s1. The molecule has 0 bridgehead atoms. The van der Waals surface area contributed by atoms with Gasteiger partial charge in [-0.3, -0.25) is 14.6 Å². The molecule has 4 heterocycles. The van der Waals surface area contributed by atoms with Crippen molar-refractivity contribution >= 4 is 35.1 Å². The van der Waals surface area contributed by atoms with Crippen LogP contribution in [-0.2, 0) is 56.7 Å². The van der Waals surface area contributed by atoms with E-state index in [4.69, 9.17) is 23.9 Å². The van der Waals surface area contributed by atoms with E-state index in [1.807, 2.05) is 83.6 Å². The molecule has 4 aliphatic rings. The van der Waals surface area contributed by atoms with Crippen LogP contribution in [0.3, 0.4) is 0 Å². The number of hydrogen-bond donors (Lipinski definition) is 0. The number of methoxy groups -OCH3 is 1. The summed E-state index contributed by atoms with van der Waals surface area (Å²) >= 11 is 0. The summed E-state index contributed by atoms with van der Waals surface area (Å²) in [6.07, 6.45) is 6.68. The van der Waals surface area contributed by atoms with Crippen molar-refractivity contribution in [1.29, 1.82) is 0 Å². The molecule has 0 aromatic heterocycles. The number of carbonyl (C=O) groups excluding carboxylic acids is 2. The van der Waals surface area contributed by atoms with Gasteiger partial charge in [-0.1, -0.05) is 44.7 Å². The third-order valence-corrected chi connectivity index (χ3v) is 10.4. The van der Waals surface area contributed by atoms with Crippen LogP contribution >= 0.6 is 0 Å². The molecule has 0 fully saturated rings. The SMILES string of the molecule is COc1cc2c(cc1OCCCOc1cc3c(cc1C)C(=O)N1c4cc[c-]cc4C[C@H]1C=N3)CC[C@@H]1Cc3ccccc3N1C2=O.[CH2-]CCOCC(C)(C)C.[Y]. The van der Waals surface area contributed by atoms with E-state index < -0.39 is 0 Å². The summed E-state index contributed by atoms with van der Waals surface area (Å²) in [7, 11) is 1.60. The zero-order valence-electron chi connectivity index (χ0n) is 33.2. The predicted octanol–water partition coefficient (Wildman–Crippen LogP) is 8.73. The Hall–Kier alpha value is -4.05. The molecule has 0 N–H and O–H groups in total. The molecule has 0 unspecified atom stereocenters. The number of para-hydroxylation sites is 1. The maximum atomic E-state index is 13.7. The minimum Gasteiger partial charge on any atom is -0.493 e. The van der Waals surface area contributed by atoms with Crippen molar-refractivity contribution in [3.8, 4) is 17.2 Å². The molecular formula is C46H51N3O6Y-2. The van der Waals surface area contributed by atoms with E-state index in [0.29, 0.717) is 59.1 Å². The quantitative estimate of drug-likeness (QED) is 0.117. The van der Waals surface area contributed by atoms with Crippen LogP contribution < -0.4 is 24.0 Å². The van der Waals surface area contributed by atoms with Gasteiger partial charge < -0.3 is 35.7 Å². The van der Waals surface area contributed by atoms with E-state index in [2.05, 4.69) is 39.8 Å². The molecule has 1 radical (unpaired) electrons. The molecule has 0 saturated heterocycles. The number of amides is 2. The van der Waals surface area contributed by atoms with Crippen LogP contribution in [0.4, 0.5) is 17.1 Å². The van der Waals surface area contributed by atoms with Crippen LogP contribution in [0, 0.1) is 25.3 Å². The first-order valence-corrected chi connectivity index (χ1v) is 19.3. The van der Waals surface area contributed by atoms with Crippen LogP contribution in [0.25, 0.3) is 0 Å². The van der Waals surface area contributed by atoms with Gasteiger partial charge in [-0.15, -0.1) is 11.6 Å². The van der Waals surface area contributed by atoms with Crippen molar-refractivity contribution in [3.05, 3.63) is 113 Å². The van der Waals surface area contributed by atoms with Crippen LogP contribution in [0.15, 0.2) is 71.7 Å². The van der Waals surface area contributed by atoms with E-state index >= 15 is 0 Å². The van der Waals surface area contributed by atoms with Gasteiger partial charge >= 0.3 is 0 Å². The molecule has 2 atom stereocenters. The summed E-state index contributed by atoms with van der Waals surface area (Å²) in [4.78, 5) is 35.8. The Morgan fingerprint density at radius 1 is 0.857 bits per heavy atom. The molecule has 2 amide bonds. The summed E-state index contributed by atoms with van der Waals surface area (Å²) in [6, 6.07) is 24.6. The number of fused-ring (bicyclic) bond motifs is 8. The molecule has 56 heavy (non-hydrogen) atoms. The second kappa shape index (κ2) is 18.0. The second-order valence-corrected chi connectivity index (χ2v) is 15.8. The molecule has 4 aliphatic heterocycles. The Morgan fingerprint density at radius 2 is 1.61 bits per heavy atom. The topological polar surface area (TPSA) is 89.9 Å². The summed E-state index contributed by atoms with van der Waals surface area (Å²) in [6.45, 7) is 14.6. The van der Waals surface area contributed by atoms with Crippen molar-refractivity contribution in [1.82, 2.24) is 0 Å². The molecular weight excluding hydrogens is 779 g/mol. The summed E-state index contributed by atoms with van der Waals surface area (Å²) < 4.78 is 23.3. The van der Waals surface area contributed by atoms with Crippen molar-refractivity contribution in [3.63, 3.8) is 0 Å². The van der Waals surface area contributed by atoms with Gasteiger partial charge in [-0.05, 0) is 79.0 Å². The van der Waals surface area contributed by atoms with Gasteiger partial charge in [0.1, 0.15) is 5.75 Å². The number of aryl methyl sites for hydroxylation is 2. The molecule has 0 spiro atoms. The van der Waals surface area contributed by atoms with Crippen molar-refractivity contribution in [2.24, 2.45) is 10.4 Å². The van der Waals surface area contributed by atoms with Gasteiger partial charge in [-0.2, -0.15) is 24.6 Å². The second-order valence-electron chi connectivity index (χ2n) is 15.8. The Labute approximate surface area is 356 Å². The van der Waals surface area contributed by atoms with E-state index in [1.54, 1.807) is 7.11 Å². The van der Waals surface area contributed by atoms with E-state index in [1.165, 1.54) is 5.56 Å². The Balaban J connectivity index is 0.000000477. The molecule has 0 aliphatic carbocycles. The Bertz CT molecular complexity index is 2090. The first-order valence-electron chi connectivity index (χ1n) is 19.3. The molecule has 4 aromatic rings. The Morgan fingerprint density at radius 3 is 2.38 bits per heavy atom. The summed E-state index contributed by atoms with van der Waals surface area (Å²) in [5.74, 6) is 1.85.